The molecule has 3 rings (SSSR count). The molecular weight excluding hydrogens is 318 g/mol. The van der Waals surface area contributed by atoms with E-state index >= 15 is 0 Å². The molecule has 0 bridgehead atoms. The number of aromatic nitrogens is 2. The van der Waals surface area contributed by atoms with Crippen LogP contribution < -0.4 is 10.5 Å². The molecule has 0 fully saturated rings. The van der Waals surface area contributed by atoms with Gasteiger partial charge in [0.1, 0.15) is 11.6 Å². The van der Waals surface area contributed by atoms with Gasteiger partial charge in [0.05, 0.1) is 23.8 Å². The number of methoxy groups -OCH3 is 1. The van der Waals surface area contributed by atoms with Crippen LogP contribution in [0.4, 0.5) is 0 Å². The summed E-state index contributed by atoms with van der Waals surface area (Å²) in [5, 5.41) is 0. The molecule has 0 radical (unpaired) electrons. The molecule has 4 nitrogen and oxygen atoms in total. The summed E-state index contributed by atoms with van der Waals surface area (Å²) in [6, 6.07) is 6.09. The SMILES string of the molecule is COc1ccc(-c2nc(CN)n3c2CCCC3)cc1Br. The average Bonchev–Trinajstić information content (AvgIpc) is 2.86. The van der Waals surface area contributed by atoms with Crippen molar-refractivity contribution in [1.82, 2.24) is 9.55 Å². The maximum absolute atomic E-state index is 5.83. The van der Waals surface area contributed by atoms with Crippen molar-refractivity contribution in [1.29, 1.82) is 0 Å². The third kappa shape index (κ3) is 2.25. The highest BCUT2D eigenvalue weighted by atomic mass is 79.9. The molecule has 20 heavy (non-hydrogen) atoms. The summed E-state index contributed by atoms with van der Waals surface area (Å²) < 4.78 is 8.52. The second-order valence-corrected chi connectivity index (χ2v) is 5.84. The van der Waals surface area contributed by atoms with Crippen LogP contribution in [0, 0.1) is 0 Å². The lowest BCUT2D eigenvalue weighted by Crippen LogP contribution is -2.15. The quantitative estimate of drug-likeness (QED) is 0.937. The van der Waals surface area contributed by atoms with Gasteiger partial charge < -0.3 is 15.0 Å². The number of rotatable bonds is 3. The zero-order valence-electron chi connectivity index (χ0n) is 11.5. The molecule has 2 heterocycles. The molecule has 1 aromatic carbocycles. The molecule has 1 aromatic heterocycles. The molecule has 0 aliphatic carbocycles. The van der Waals surface area contributed by atoms with Gasteiger partial charge in [0.2, 0.25) is 0 Å². The molecule has 1 aliphatic rings. The highest BCUT2D eigenvalue weighted by Crippen LogP contribution is 2.33. The van der Waals surface area contributed by atoms with E-state index in [9.17, 15) is 0 Å². The van der Waals surface area contributed by atoms with Crippen molar-refractivity contribution in [2.45, 2.75) is 32.4 Å². The Kier molecular flexibility index (Phi) is 3.81. The number of halogens is 1. The van der Waals surface area contributed by atoms with Gasteiger partial charge in [0.15, 0.2) is 0 Å². The van der Waals surface area contributed by atoms with Crippen LogP contribution in [-0.4, -0.2) is 16.7 Å². The minimum Gasteiger partial charge on any atom is -0.496 e. The highest BCUT2D eigenvalue weighted by molar-refractivity contribution is 9.10. The monoisotopic (exact) mass is 335 g/mol. The number of imidazole rings is 1. The highest BCUT2D eigenvalue weighted by Gasteiger charge is 2.20. The van der Waals surface area contributed by atoms with Gasteiger partial charge in [-0.2, -0.15) is 0 Å². The first kappa shape index (κ1) is 13.6. The fraction of sp³-hybridized carbons (Fsp3) is 0.400. The molecule has 1 aliphatic heterocycles. The molecular formula is C15H18BrN3O. The van der Waals surface area contributed by atoms with E-state index in [0.29, 0.717) is 6.54 Å². The van der Waals surface area contributed by atoms with Gasteiger partial charge in [0, 0.05) is 17.8 Å². The molecule has 2 N–H and O–H groups in total. The standard InChI is InChI=1S/C15H18BrN3O/c1-20-13-6-5-10(8-11(13)16)15-12-4-2-3-7-19(12)14(9-17)18-15/h5-6,8H,2-4,7,9,17H2,1H3. The third-order valence-electron chi connectivity index (χ3n) is 3.80. The zero-order valence-corrected chi connectivity index (χ0v) is 13.1. The van der Waals surface area contributed by atoms with Crippen LogP contribution in [-0.2, 0) is 19.5 Å². The number of nitrogens with two attached hydrogens (primary N) is 1. The van der Waals surface area contributed by atoms with Crippen molar-refractivity contribution in [3.05, 3.63) is 34.2 Å². The van der Waals surface area contributed by atoms with Gasteiger partial charge in [-0.1, -0.05) is 0 Å². The minimum atomic E-state index is 0.490. The first-order valence-corrected chi connectivity index (χ1v) is 7.66. The molecule has 2 aromatic rings. The first-order valence-electron chi connectivity index (χ1n) is 6.87. The van der Waals surface area contributed by atoms with Gasteiger partial charge in [-0.25, -0.2) is 4.98 Å². The molecule has 0 spiro atoms. The van der Waals surface area contributed by atoms with Crippen molar-refractivity contribution in [3.8, 4) is 17.0 Å². The Morgan fingerprint density at radius 3 is 2.95 bits per heavy atom. The largest absolute Gasteiger partial charge is 0.496 e. The normalized spacial score (nSPS) is 14.2. The van der Waals surface area contributed by atoms with Crippen molar-refractivity contribution in [2.24, 2.45) is 5.73 Å². The Hall–Kier alpha value is -1.33. The van der Waals surface area contributed by atoms with E-state index < -0.39 is 0 Å². The molecule has 0 unspecified atom stereocenters. The number of nitrogens with zero attached hydrogens (tertiary/aromatic N) is 2. The summed E-state index contributed by atoms with van der Waals surface area (Å²) in [6.07, 6.45) is 3.51. The molecule has 5 heteroatoms. The van der Waals surface area contributed by atoms with Gasteiger partial charge >= 0.3 is 0 Å². The van der Waals surface area contributed by atoms with Crippen LogP contribution in [0.2, 0.25) is 0 Å². The van der Waals surface area contributed by atoms with Gasteiger partial charge in [-0.05, 0) is 53.4 Å². The topological polar surface area (TPSA) is 53.1 Å². The van der Waals surface area contributed by atoms with Crippen LogP contribution in [0.3, 0.4) is 0 Å². The van der Waals surface area contributed by atoms with E-state index in [1.807, 2.05) is 6.07 Å². The van der Waals surface area contributed by atoms with E-state index in [2.05, 4.69) is 32.6 Å². The molecule has 0 saturated heterocycles. The predicted molar refractivity (Wildman–Crippen MR) is 82.7 cm³/mol. The van der Waals surface area contributed by atoms with Crippen molar-refractivity contribution in [3.63, 3.8) is 0 Å². The average molecular weight is 336 g/mol. The van der Waals surface area contributed by atoms with E-state index in [0.717, 1.165) is 40.3 Å². The van der Waals surface area contributed by atoms with E-state index in [-0.39, 0.29) is 0 Å². The molecule has 0 atom stereocenters. The van der Waals surface area contributed by atoms with Crippen LogP contribution in [0.1, 0.15) is 24.4 Å². The van der Waals surface area contributed by atoms with Crippen LogP contribution >= 0.6 is 15.9 Å². The Morgan fingerprint density at radius 2 is 2.25 bits per heavy atom. The van der Waals surface area contributed by atoms with Crippen molar-refractivity contribution < 1.29 is 4.74 Å². The smallest absolute Gasteiger partial charge is 0.133 e. The summed E-state index contributed by atoms with van der Waals surface area (Å²) in [5.74, 6) is 1.82. The number of fused-ring (bicyclic) bond motifs is 1. The fourth-order valence-electron chi connectivity index (χ4n) is 2.82. The Balaban J connectivity index is 2.10. The van der Waals surface area contributed by atoms with Crippen molar-refractivity contribution in [2.75, 3.05) is 7.11 Å². The fourth-order valence-corrected chi connectivity index (χ4v) is 3.36. The summed E-state index contributed by atoms with van der Waals surface area (Å²) in [5.41, 5.74) is 9.32. The van der Waals surface area contributed by atoms with Gasteiger partial charge in [0.25, 0.3) is 0 Å². The lowest BCUT2D eigenvalue weighted by molar-refractivity contribution is 0.412. The van der Waals surface area contributed by atoms with E-state index in [1.165, 1.54) is 18.5 Å². The first-order chi connectivity index (χ1) is 9.74. The van der Waals surface area contributed by atoms with E-state index in [1.54, 1.807) is 7.11 Å². The lowest BCUT2D eigenvalue weighted by Gasteiger charge is -2.17. The maximum Gasteiger partial charge on any atom is 0.133 e. The molecule has 106 valence electrons. The number of benzene rings is 1. The number of hydrogen-bond donors (Lipinski definition) is 1. The third-order valence-corrected chi connectivity index (χ3v) is 4.42. The number of hydrogen-bond acceptors (Lipinski definition) is 3. The Morgan fingerprint density at radius 1 is 1.40 bits per heavy atom. The minimum absolute atomic E-state index is 0.490. The number of ether oxygens (including phenoxy) is 1. The van der Waals surface area contributed by atoms with Gasteiger partial charge in [-0.3, -0.25) is 0 Å². The summed E-state index contributed by atoms with van der Waals surface area (Å²) >= 11 is 3.54. The molecule has 0 amide bonds. The predicted octanol–water partition coefficient (Wildman–Crippen LogP) is 3.12. The second-order valence-electron chi connectivity index (χ2n) is 4.99. The van der Waals surface area contributed by atoms with Crippen molar-refractivity contribution >= 4 is 15.9 Å². The van der Waals surface area contributed by atoms with Crippen LogP contribution in [0.5, 0.6) is 5.75 Å². The second kappa shape index (κ2) is 5.58. The summed E-state index contributed by atoms with van der Waals surface area (Å²) in [7, 11) is 1.67. The Labute approximate surface area is 127 Å². The van der Waals surface area contributed by atoms with Crippen LogP contribution in [0.15, 0.2) is 22.7 Å². The lowest BCUT2D eigenvalue weighted by atomic mass is 10.0. The summed E-state index contributed by atoms with van der Waals surface area (Å²) in [6.45, 7) is 1.52. The zero-order chi connectivity index (χ0) is 14.1. The Bertz CT molecular complexity index is 636. The van der Waals surface area contributed by atoms with Crippen LogP contribution in [0.25, 0.3) is 11.3 Å². The van der Waals surface area contributed by atoms with E-state index in [4.69, 9.17) is 15.5 Å². The summed E-state index contributed by atoms with van der Waals surface area (Å²) in [4.78, 5) is 4.75. The van der Waals surface area contributed by atoms with Gasteiger partial charge in [-0.15, -0.1) is 0 Å². The maximum atomic E-state index is 5.83. The molecule has 0 saturated carbocycles.